The first-order chi connectivity index (χ1) is 15.6. The quantitative estimate of drug-likeness (QED) is 0.466. The molecule has 0 aromatic heterocycles. The SMILES string of the molecule is COc1cc(OC)c(NC(=O)C2OC(Oc3cc([Si](C)(C)C)ccc3C)=CC2=O)c(OC)c1. The third-order valence-corrected chi connectivity index (χ3v) is 7.26. The van der Waals surface area contributed by atoms with Crippen LogP contribution in [-0.4, -0.2) is 47.2 Å². The molecule has 3 rings (SSSR count). The number of ketones is 1. The molecule has 1 heterocycles. The standard InChI is InChI=1S/C24H29NO7Si/c1-14-8-9-16(33(5,6)7)12-18(14)31-21-13-17(26)23(32-21)24(27)25-22-19(29-3)10-15(28-2)11-20(22)30-4/h8-13,23H,1-7H3,(H,25,27). The van der Waals surface area contributed by atoms with E-state index in [0.29, 0.717) is 23.0 Å². The predicted molar refractivity (Wildman–Crippen MR) is 127 cm³/mol. The number of carbonyl (C=O) groups is 2. The Morgan fingerprint density at radius 1 is 0.970 bits per heavy atom. The van der Waals surface area contributed by atoms with Gasteiger partial charge in [0.25, 0.3) is 11.9 Å². The molecule has 0 radical (unpaired) electrons. The Morgan fingerprint density at radius 3 is 2.15 bits per heavy atom. The second-order valence-electron chi connectivity index (χ2n) is 8.59. The van der Waals surface area contributed by atoms with Gasteiger partial charge < -0.3 is 29.0 Å². The van der Waals surface area contributed by atoms with Crippen LogP contribution in [0.25, 0.3) is 0 Å². The summed E-state index contributed by atoms with van der Waals surface area (Å²) in [5, 5.41) is 3.87. The maximum absolute atomic E-state index is 12.9. The fraction of sp³-hybridized carbons (Fsp3) is 0.333. The Kier molecular flexibility index (Phi) is 7.02. The normalized spacial score (nSPS) is 15.4. The molecular formula is C24H29NO7Si. The molecule has 1 aliphatic rings. The molecule has 2 aromatic rings. The molecule has 33 heavy (non-hydrogen) atoms. The number of anilines is 1. The van der Waals surface area contributed by atoms with Crippen LogP contribution in [0.5, 0.6) is 23.0 Å². The number of amides is 1. The average molecular weight is 472 g/mol. The number of hydrogen-bond donors (Lipinski definition) is 1. The average Bonchev–Trinajstić information content (AvgIpc) is 3.14. The topological polar surface area (TPSA) is 92.3 Å². The van der Waals surface area contributed by atoms with Gasteiger partial charge in [0.15, 0.2) is 0 Å². The Balaban J connectivity index is 1.77. The third-order valence-electron chi connectivity index (χ3n) is 5.22. The lowest BCUT2D eigenvalue weighted by molar-refractivity contribution is -0.134. The number of ether oxygens (including phenoxy) is 5. The molecule has 0 fully saturated rings. The van der Waals surface area contributed by atoms with E-state index < -0.39 is 25.9 Å². The molecule has 0 saturated heterocycles. The molecule has 1 N–H and O–H groups in total. The second kappa shape index (κ2) is 9.58. The molecule has 1 aliphatic heterocycles. The zero-order valence-electron chi connectivity index (χ0n) is 19.9. The third kappa shape index (κ3) is 5.31. The molecule has 1 amide bonds. The first-order valence-corrected chi connectivity index (χ1v) is 13.9. The van der Waals surface area contributed by atoms with E-state index >= 15 is 0 Å². The van der Waals surface area contributed by atoms with Gasteiger partial charge in [-0.15, -0.1) is 0 Å². The maximum atomic E-state index is 12.9. The van der Waals surface area contributed by atoms with Gasteiger partial charge in [0.1, 0.15) is 28.7 Å². The van der Waals surface area contributed by atoms with Crippen LogP contribution >= 0.6 is 0 Å². The molecular weight excluding hydrogens is 442 g/mol. The molecule has 0 aliphatic carbocycles. The van der Waals surface area contributed by atoms with Gasteiger partial charge in [0.2, 0.25) is 11.9 Å². The van der Waals surface area contributed by atoms with Crippen molar-refractivity contribution in [3.63, 3.8) is 0 Å². The summed E-state index contributed by atoms with van der Waals surface area (Å²) in [5.74, 6) is 0.486. The van der Waals surface area contributed by atoms with Crippen molar-refractivity contribution in [3.05, 3.63) is 47.9 Å². The molecule has 9 heteroatoms. The maximum Gasteiger partial charge on any atom is 0.289 e. The van der Waals surface area contributed by atoms with Gasteiger partial charge in [-0.1, -0.05) is 37.0 Å². The molecule has 8 nitrogen and oxygen atoms in total. The summed E-state index contributed by atoms with van der Waals surface area (Å²) in [5.41, 5.74) is 1.16. The summed E-state index contributed by atoms with van der Waals surface area (Å²) in [6.07, 6.45) is -0.204. The largest absolute Gasteiger partial charge is 0.496 e. The summed E-state index contributed by atoms with van der Waals surface area (Å²) >= 11 is 0. The van der Waals surface area contributed by atoms with Gasteiger partial charge in [0, 0.05) is 12.1 Å². The van der Waals surface area contributed by atoms with Crippen LogP contribution in [0.2, 0.25) is 19.6 Å². The number of carbonyl (C=O) groups excluding carboxylic acids is 2. The van der Waals surface area contributed by atoms with Crippen LogP contribution in [0.15, 0.2) is 42.4 Å². The highest BCUT2D eigenvalue weighted by molar-refractivity contribution is 6.88. The number of rotatable bonds is 8. The van der Waals surface area contributed by atoms with E-state index in [2.05, 4.69) is 31.0 Å². The summed E-state index contributed by atoms with van der Waals surface area (Å²) in [6, 6.07) is 9.23. The smallest absolute Gasteiger partial charge is 0.289 e. The van der Waals surface area contributed by atoms with E-state index in [1.54, 1.807) is 12.1 Å². The second-order valence-corrected chi connectivity index (χ2v) is 13.7. The van der Waals surface area contributed by atoms with Gasteiger partial charge >= 0.3 is 0 Å². The fourth-order valence-corrected chi connectivity index (χ4v) is 4.39. The van der Waals surface area contributed by atoms with Gasteiger partial charge in [-0.3, -0.25) is 9.59 Å². The van der Waals surface area contributed by atoms with Crippen LogP contribution in [0.3, 0.4) is 0 Å². The van der Waals surface area contributed by atoms with Crippen LogP contribution in [0.4, 0.5) is 5.69 Å². The van der Waals surface area contributed by atoms with Crippen LogP contribution < -0.4 is 29.5 Å². The lowest BCUT2D eigenvalue weighted by Gasteiger charge is -2.19. The molecule has 176 valence electrons. The van der Waals surface area contributed by atoms with Crippen molar-refractivity contribution in [1.82, 2.24) is 0 Å². The van der Waals surface area contributed by atoms with E-state index in [-0.39, 0.29) is 11.6 Å². The summed E-state index contributed by atoms with van der Waals surface area (Å²) < 4.78 is 27.3. The Hall–Kier alpha value is -3.46. The molecule has 2 aromatic carbocycles. The van der Waals surface area contributed by atoms with Gasteiger partial charge in [-0.25, -0.2) is 0 Å². The van der Waals surface area contributed by atoms with Crippen LogP contribution in [0.1, 0.15) is 5.56 Å². The van der Waals surface area contributed by atoms with Crippen molar-refractivity contribution >= 4 is 30.6 Å². The van der Waals surface area contributed by atoms with E-state index in [1.165, 1.54) is 32.6 Å². The molecule has 1 unspecified atom stereocenters. The van der Waals surface area contributed by atoms with E-state index in [4.69, 9.17) is 23.7 Å². The van der Waals surface area contributed by atoms with E-state index in [9.17, 15) is 9.59 Å². The zero-order valence-corrected chi connectivity index (χ0v) is 20.9. The van der Waals surface area contributed by atoms with Crippen molar-refractivity contribution in [3.8, 4) is 23.0 Å². The van der Waals surface area contributed by atoms with Crippen molar-refractivity contribution in [1.29, 1.82) is 0 Å². The lowest BCUT2D eigenvalue weighted by Crippen LogP contribution is -2.37. The monoisotopic (exact) mass is 471 g/mol. The van der Waals surface area contributed by atoms with Gasteiger partial charge in [-0.05, 0) is 18.6 Å². The molecule has 1 atom stereocenters. The molecule has 0 spiro atoms. The van der Waals surface area contributed by atoms with E-state index in [0.717, 1.165) is 5.56 Å². The molecule has 0 saturated carbocycles. The molecule has 0 bridgehead atoms. The van der Waals surface area contributed by atoms with Crippen LogP contribution in [-0.2, 0) is 14.3 Å². The number of hydrogen-bond acceptors (Lipinski definition) is 7. The number of aryl methyl sites for hydroxylation is 1. The summed E-state index contributed by atoms with van der Waals surface area (Å²) in [6.45, 7) is 8.61. The highest BCUT2D eigenvalue weighted by Gasteiger charge is 2.36. The first kappa shape index (κ1) is 24.2. The Bertz CT molecular complexity index is 1080. The first-order valence-electron chi connectivity index (χ1n) is 10.4. The number of benzene rings is 2. The minimum Gasteiger partial charge on any atom is -0.496 e. The van der Waals surface area contributed by atoms with Crippen LogP contribution in [0, 0.1) is 6.92 Å². The van der Waals surface area contributed by atoms with Crippen molar-refractivity contribution in [2.45, 2.75) is 32.7 Å². The fourth-order valence-electron chi connectivity index (χ4n) is 3.24. The van der Waals surface area contributed by atoms with Gasteiger partial charge in [-0.2, -0.15) is 0 Å². The number of methoxy groups -OCH3 is 3. The Morgan fingerprint density at radius 2 is 1.61 bits per heavy atom. The highest BCUT2D eigenvalue weighted by Crippen LogP contribution is 2.39. The minimum atomic E-state index is -1.56. The number of nitrogens with one attached hydrogen (secondary N) is 1. The lowest BCUT2D eigenvalue weighted by atomic mass is 10.2. The van der Waals surface area contributed by atoms with Crippen molar-refractivity contribution in [2.24, 2.45) is 0 Å². The van der Waals surface area contributed by atoms with Gasteiger partial charge in [0.05, 0.1) is 35.5 Å². The Labute approximate surface area is 194 Å². The van der Waals surface area contributed by atoms with Crippen molar-refractivity contribution in [2.75, 3.05) is 26.6 Å². The minimum absolute atomic E-state index is 0.0235. The van der Waals surface area contributed by atoms with Crippen molar-refractivity contribution < 1.29 is 33.3 Å². The van der Waals surface area contributed by atoms with E-state index in [1.807, 2.05) is 19.1 Å². The highest BCUT2D eigenvalue weighted by atomic mass is 28.3. The zero-order chi connectivity index (χ0) is 24.3. The summed E-state index contributed by atoms with van der Waals surface area (Å²) in [4.78, 5) is 25.4. The summed E-state index contributed by atoms with van der Waals surface area (Å²) in [7, 11) is 2.84. The predicted octanol–water partition coefficient (Wildman–Crippen LogP) is 3.39.